The van der Waals surface area contributed by atoms with E-state index in [9.17, 15) is 9.90 Å². The lowest BCUT2D eigenvalue weighted by Gasteiger charge is -2.28. The molecule has 2 aromatic heterocycles. The average Bonchev–Trinajstić information content (AvgIpc) is 2.97. The topological polar surface area (TPSA) is 95.3 Å². The lowest BCUT2D eigenvalue weighted by Crippen LogP contribution is -2.46. The van der Waals surface area contributed by atoms with Gasteiger partial charge in [0.1, 0.15) is 17.1 Å². The monoisotopic (exact) mass is 328 g/mol. The van der Waals surface area contributed by atoms with Crippen molar-refractivity contribution < 1.29 is 9.90 Å². The summed E-state index contributed by atoms with van der Waals surface area (Å²) in [7, 11) is 1.67. The maximum Gasteiger partial charge on any atom is 0.272 e. The Hall–Kier alpha value is -2.61. The zero-order chi connectivity index (χ0) is 17.2. The fraction of sp³-hybridized carbons (Fsp3) is 0.438. The van der Waals surface area contributed by atoms with Crippen molar-refractivity contribution in [1.82, 2.24) is 24.8 Å². The Kier molecular flexibility index (Phi) is 4.39. The minimum absolute atomic E-state index is 0.220. The zero-order valence-electron chi connectivity index (χ0n) is 13.8. The molecule has 1 N–H and O–H groups in total. The number of anilines is 1. The van der Waals surface area contributed by atoms with Crippen LogP contribution in [0.15, 0.2) is 30.7 Å². The van der Waals surface area contributed by atoms with E-state index in [0.717, 1.165) is 0 Å². The normalized spacial score (nSPS) is 20.2. The van der Waals surface area contributed by atoms with Gasteiger partial charge in [0.05, 0.1) is 13.1 Å². The van der Waals surface area contributed by atoms with Gasteiger partial charge in [0.25, 0.3) is 5.91 Å². The summed E-state index contributed by atoms with van der Waals surface area (Å²) in [5.41, 5.74) is -0.666. The van der Waals surface area contributed by atoms with Crippen molar-refractivity contribution in [1.29, 1.82) is 0 Å². The second-order valence-corrected chi connectivity index (χ2v) is 6.09. The quantitative estimate of drug-likeness (QED) is 0.861. The molecule has 0 saturated carbocycles. The van der Waals surface area contributed by atoms with Gasteiger partial charge >= 0.3 is 0 Å². The first-order valence-corrected chi connectivity index (χ1v) is 7.76. The van der Waals surface area contributed by atoms with Crippen molar-refractivity contribution in [2.45, 2.75) is 18.9 Å². The molecule has 1 aliphatic rings. The van der Waals surface area contributed by atoms with E-state index >= 15 is 0 Å². The van der Waals surface area contributed by atoms with Gasteiger partial charge in [-0.15, -0.1) is 0 Å². The highest BCUT2D eigenvalue weighted by atomic mass is 16.3. The van der Waals surface area contributed by atoms with Crippen molar-refractivity contribution in [3.05, 3.63) is 42.2 Å². The predicted octanol–water partition coefficient (Wildman–Crippen LogP) is 0.288. The van der Waals surface area contributed by atoms with E-state index in [-0.39, 0.29) is 12.5 Å². The molecule has 0 spiro atoms. The van der Waals surface area contributed by atoms with Crippen LogP contribution in [0.4, 0.5) is 5.95 Å². The van der Waals surface area contributed by atoms with E-state index in [4.69, 9.17) is 0 Å². The maximum atomic E-state index is 12.5. The number of hydrogen-bond donors (Lipinski definition) is 1. The zero-order valence-corrected chi connectivity index (χ0v) is 13.8. The SMILES string of the molecule is Cc1nccc(C(=O)N(C)C[C@@]2(O)CCN(c3ncccn3)C2)n1. The van der Waals surface area contributed by atoms with Crippen LogP contribution in [0.3, 0.4) is 0 Å². The van der Waals surface area contributed by atoms with Gasteiger partial charge < -0.3 is 14.9 Å². The number of nitrogens with zero attached hydrogens (tertiary/aromatic N) is 6. The molecule has 2 aromatic rings. The molecule has 0 bridgehead atoms. The highest BCUT2D eigenvalue weighted by Gasteiger charge is 2.39. The summed E-state index contributed by atoms with van der Waals surface area (Å²) in [6.45, 7) is 2.99. The first kappa shape index (κ1) is 16.3. The number of β-amino-alcohol motifs (C(OH)–C–C–N with tert-alkyl or cyclic N) is 1. The van der Waals surface area contributed by atoms with Gasteiger partial charge in [0, 0.05) is 32.2 Å². The van der Waals surface area contributed by atoms with Gasteiger partial charge in [-0.3, -0.25) is 4.79 Å². The van der Waals surface area contributed by atoms with Gasteiger partial charge in [0.2, 0.25) is 5.95 Å². The standard InChI is InChI=1S/C16H20N6O2/c1-12-17-8-4-13(20-12)14(23)21(2)10-16(24)5-9-22(11-16)15-18-6-3-7-19-15/h3-4,6-8,24H,5,9-11H2,1-2H3/t16-/m0/s1. The summed E-state index contributed by atoms with van der Waals surface area (Å²) in [5.74, 6) is 0.901. The van der Waals surface area contributed by atoms with Crippen LogP contribution in [0.2, 0.25) is 0 Å². The second kappa shape index (κ2) is 6.48. The summed E-state index contributed by atoms with van der Waals surface area (Å²) < 4.78 is 0. The molecule has 3 rings (SSSR count). The molecule has 1 amide bonds. The van der Waals surface area contributed by atoms with Crippen LogP contribution in [-0.4, -0.2) is 68.1 Å². The van der Waals surface area contributed by atoms with Crippen molar-refractivity contribution in [3.63, 3.8) is 0 Å². The number of aromatic nitrogens is 4. The second-order valence-electron chi connectivity index (χ2n) is 6.09. The van der Waals surface area contributed by atoms with Crippen molar-refractivity contribution in [2.24, 2.45) is 0 Å². The summed E-state index contributed by atoms with van der Waals surface area (Å²) in [6, 6.07) is 3.33. The largest absolute Gasteiger partial charge is 0.386 e. The average molecular weight is 328 g/mol. The molecule has 1 saturated heterocycles. The fourth-order valence-electron chi connectivity index (χ4n) is 2.89. The fourth-order valence-corrected chi connectivity index (χ4v) is 2.89. The van der Waals surface area contributed by atoms with Crippen LogP contribution in [0.1, 0.15) is 22.7 Å². The predicted molar refractivity (Wildman–Crippen MR) is 87.5 cm³/mol. The molecule has 0 unspecified atom stereocenters. The summed E-state index contributed by atoms with van der Waals surface area (Å²) in [5, 5.41) is 10.8. The molecular weight excluding hydrogens is 308 g/mol. The number of likely N-dealkylation sites (N-methyl/N-ethyl adjacent to an activating group) is 1. The van der Waals surface area contributed by atoms with E-state index < -0.39 is 5.60 Å². The molecule has 8 nitrogen and oxygen atoms in total. The molecule has 24 heavy (non-hydrogen) atoms. The van der Waals surface area contributed by atoms with Crippen LogP contribution in [-0.2, 0) is 0 Å². The van der Waals surface area contributed by atoms with Crippen molar-refractivity contribution in [2.75, 3.05) is 31.6 Å². The lowest BCUT2D eigenvalue weighted by molar-refractivity contribution is 0.0261. The number of rotatable bonds is 4. The Balaban J connectivity index is 1.66. The molecule has 0 radical (unpaired) electrons. The van der Waals surface area contributed by atoms with Crippen molar-refractivity contribution in [3.8, 4) is 0 Å². The van der Waals surface area contributed by atoms with Crippen LogP contribution in [0.25, 0.3) is 0 Å². The molecular formula is C16H20N6O2. The van der Waals surface area contributed by atoms with Gasteiger partial charge in [-0.25, -0.2) is 19.9 Å². The van der Waals surface area contributed by atoms with E-state index in [1.807, 2.05) is 4.90 Å². The van der Waals surface area contributed by atoms with E-state index in [2.05, 4.69) is 19.9 Å². The third kappa shape index (κ3) is 3.48. The molecule has 8 heteroatoms. The first-order valence-electron chi connectivity index (χ1n) is 7.76. The third-order valence-corrected chi connectivity index (χ3v) is 4.04. The van der Waals surface area contributed by atoms with Gasteiger partial charge in [0.15, 0.2) is 0 Å². The van der Waals surface area contributed by atoms with Gasteiger partial charge in [-0.05, 0) is 25.5 Å². The number of carbonyl (C=O) groups excluding carboxylic acids is 1. The van der Waals surface area contributed by atoms with Crippen LogP contribution < -0.4 is 4.90 Å². The lowest BCUT2D eigenvalue weighted by atomic mass is 10.0. The van der Waals surface area contributed by atoms with Crippen LogP contribution in [0.5, 0.6) is 0 Å². The Morgan fingerprint density at radius 1 is 1.33 bits per heavy atom. The number of amides is 1. The molecule has 0 aliphatic carbocycles. The molecule has 3 heterocycles. The van der Waals surface area contributed by atoms with Gasteiger partial charge in [-0.2, -0.15) is 0 Å². The number of aliphatic hydroxyl groups is 1. The van der Waals surface area contributed by atoms with E-state index in [1.165, 1.54) is 4.90 Å². The number of hydrogen-bond acceptors (Lipinski definition) is 7. The molecule has 0 aromatic carbocycles. The van der Waals surface area contributed by atoms with Crippen molar-refractivity contribution >= 4 is 11.9 Å². The van der Waals surface area contributed by atoms with E-state index in [1.54, 1.807) is 44.7 Å². The summed E-state index contributed by atoms with van der Waals surface area (Å²) in [4.78, 5) is 32.4. The highest BCUT2D eigenvalue weighted by molar-refractivity contribution is 5.92. The van der Waals surface area contributed by atoms with Gasteiger partial charge in [-0.1, -0.05) is 0 Å². The summed E-state index contributed by atoms with van der Waals surface area (Å²) >= 11 is 0. The third-order valence-electron chi connectivity index (χ3n) is 4.04. The molecule has 1 aliphatic heterocycles. The Bertz CT molecular complexity index is 726. The smallest absolute Gasteiger partial charge is 0.272 e. The molecule has 126 valence electrons. The Morgan fingerprint density at radius 2 is 2.08 bits per heavy atom. The highest BCUT2D eigenvalue weighted by Crippen LogP contribution is 2.25. The Morgan fingerprint density at radius 3 is 2.79 bits per heavy atom. The first-order chi connectivity index (χ1) is 11.5. The summed E-state index contributed by atoms with van der Waals surface area (Å²) in [6.07, 6.45) is 5.45. The minimum Gasteiger partial charge on any atom is -0.386 e. The van der Waals surface area contributed by atoms with E-state index in [0.29, 0.717) is 37.0 Å². The Labute approximate surface area is 140 Å². The molecule has 1 fully saturated rings. The maximum absolute atomic E-state index is 12.5. The number of aryl methyl sites for hydroxylation is 1. The van der Waals surface area contributed by atoms with Crippen LogP contribution in [0, 0.1) is 6.92 Å². The minimum atomic E-state index is -0.994. The molecule has 1 atom stereocenters. The van der Waals surface area contributed by atoms with Crippen LogP contribution >= 0.6 is 0 Å². The number of carbonyl (C=O) groups is 1.